The van der Waals surface area contributed by atoms with Gasteiger partial charge in [-0.15, -0.1) is 0 Å². The molecule has 1 amide bonds. The minimum atomic E-state index is 0.0586. The Morgan fingerprint density at radius 3 is 2.71 bits per heavy atom. The fourth-order valence-corrected chi connectivity index (χ4v) is 1.71. The van der Waals surface area contributed by atoms with Gasteiger partial charge < -0.3 is 9.64 Å². The summed E-state index contributed by atoms with van der Waals surface area (Å²) in [6.45, 7) is 5.05. The number of nitrogens with one attached hydrogen (secondary N) is 1. The summed E-state index contributed by atoms with van der Waals surface area (Å²) in [4.78, 5) is 13.7. The van der Waals surface area contributed by atoms with E-state index in [1.165, 1.54) is 0 Å². The van der Waals surface area contributed by atoms with Crippen LogP contribution in [0.3, 0.4) is 0 Å². The molecule has 4 nitrogen and oxygen atoms in total. The lowest BCUT2D eigenvalue weighted by molar-refractivity contribution is -0.133. The Kier molecular flexibility index (Phi) is 4.90. The number of hydrogen-bond acceptors (Lipinski definition) is 3. The summed E-state index contributed by atoms with van der Waals surface area (Å²) in [7, 11) is 1.64. The number of likely N-dealkylation sites (tertiary alicyclic amines) is 1. The Bertz CT molecular complexity index is 179. The van der Waals surface area contributed by atoms with E-state index in [4.69, 9.17) is 4.74 Å². The molecule has 0 aromatic rings. The molecule has 1 saturated heterocycles. The van der Waals surface area contributed by atoms with Gasteiger partial charge in [-0.3, -0.25) is 10.1 Å². The fraction of sp³-hybridized carbons (Fsp3) is 0.900. The maximum absolute atomic E-state index is 11.8. The molecule has 0 radical (unpaired) electrons. The highest BCUT2D eigenvalue weighted by Crippen LogP contribution is 2.11. The standard InChI is InChI=1S/C10H20N2O2/c1-9(7-11-8-14-2)10(13)12-5-3-4-6-12/h9,11H,3-8H2,1-2H3/t9-/m1/s1. The van der Waals surface area contributed by atoms with Crippen LogP contribution in [-0.4, -0.2) is 44.3 Å². The van der Waals surface area contributed by atoms with Crippen LogP contribution < -0.4 is 5.32 Å². The molecular weight excluding hydrogens is 180 g/mol. The third kappa shape index (κ3) is 3.27. The van der Waals surface area contributed by atoms with Gasteiger partial charge in [0.25, 0.3) is 0 Å². The van der Waals surface area contributed by atoms with Gasteiger partial charge in [-0.1, -0.05) is 6.92 Å². The van der Waals surface area contributed by atoms with Gasteiger partial charge in [0.1, 0.15) is 0 Å². The Morgan fingerprint density at radius 2 is 2.14 bits per heavy atom. The lowest BCUT2D eigenvalue weighted by Gasteiger charge is -2.20. The first-order valence-electron chi connectivity index (χ1n) is 5.24. The number of hydrogen-bond donors (Lipinski definition) is 1. The predicted octanol–water partition coefficient (Wildman–Crippen LogP) is 0.438. The number of ether oxygens (including phenoxy) is 1. The number of rotatable bonds is 5. The van der Waals surface area contributed by atoms with Crippen LogP contribution in [0.5, 0.6) is 0 Å². The molecule has 0 bridgehead atoms. The Balaban J connectivity index is 2.21. The van der Waals surface area contributed by atoms with Crippen molar-refractivity contribution in [1.29, 1.82) is 0 Å². The second kappa shape index (κ2) is 5.98. The first-order valence-corrected chi connectivity index (χ1v) is 5.24. The van der Waals surface area contributed by atoms with E-state index in [1.807, 2.05) is 11.8 Å². The molecule has 0 unspecified atom stereocenters. The molecule has 0 spiro atoms. The lowest BCUT2D eigenvalue weighted by atomic mass is 10.1. The van der Waals surface area contributed by atoms with Crippen LogP contribution in [0, 0.1) is 5.92 Å². The van der Waals surface area contributed by atoms with E-state index in [1.54, 1.807) is 7.11 Å². The van der Waals surface area contributed by atoms with E-state index in [2.05, 4.69) is 5.32 Å². The summed E-state index contributed by atoms with van der Waals surface area (Å²) < 4.78 is 4.86. The summed E-state index contributed by atoms with van der Waals surface area (Å²) in [6, 6.07) is 0. The zero-order valence-corrected chi connectivity index (χ0v) is 9.08. The van der Waals surface area contributed by atoms with Crippen molar-refractivity contribution in [1.82, 2.24) is 10.2 Å². The van der Waals surface area contributed by atoms with Gasteiger partial charge >= 0.3 is 0 Å². The molecule has 1 heterocycles. The van der Waals surface area contributed by atoms with Crippen LogP contribution in [0.15, 0.2) is 0 Å². The van der Waals surface area contributed by atoms with Crippen LogP contribution in [0.25, 0.3) is 0 Å². The van der Waals surface area contributed by atoms with E-state index in [9.17, 15) is 4.79 Å². The van der Waals surface area contributed by atoms with Crippen molar-refractivity contribution in [3.8, 4) is 0 Å². The molecule has 1 rings (SSSR count). The third-order valence-corrected chi connectivity index (χ3v) is 2.54. The van der Waals surface area contributed by atoms with Gasteiger partial charge in [-0.05, 0) is 12.8 Å². The summed E-state index contributed by atoms with van der Waals surface area (Å²) in [5.74, 6) is 0.328. The van der Waals surface area contributed by atoms with Gasteiger partial charge in [0.2, 0.25) is 5.91 Å². The van der Waals surface area contributed by atoms with Crippen molar-refractivity contribution in [3.63, 3.8) is 0 Å². The molecule has 1 fully saturated rings. The number of methoxy groups -OCH3 is 1. The SMILES string of the molecule is COCNC[C@@H](C)C(=O)N1CCCC1. The highest BCUT2D eigenvalue weighted by Gasteiger charge is 2.22. The lowest BCUT2D eigenvalue weighted by Crippen LogP contribution is -2.37. The largest absolute Gasteiger partial charge is 0.370 e. The van der Waals surface area contributed by atoms with Crippen molar-refractivity contribution in [2.24, 2.45) is 5.92 Å². The zero-order valence-electron chi connectivity index (χ0n) is 9.08. The van der Waals surface area contributed by atoms with Gasteiger partial charge in [0.15, 0.2) is 0 Å². The maximum atomic E-state index is 11.8. The van der Waals surface area contributed by atoms with Crippen molar-refractivity contribution in [2.75, 3.05) is 33.5 Å². The second-order valence-electron chi connectivity index (χ2n) is 3.82. The van der Waals surface area contributed by atoms with Gasteiger partial charge in [0.05, 0.1) is 6.73 Å². The predicted molar refractivity (Wildman–Crippen MR) is 54.9 cm³/mol. The number of nitrogens with zero attached hydrogens (tertiary/aromatic N) is 1. The Labute approximate surface area is 85.6 Å². The van der Waals surface area contributed by atoms with Crippen molar-refractivity contribution >= 4 is 5.91 Å². The number of carbonyl (C=O) groups is 1. The van der Waals surface area contributed by atoms with Crippen LogP contribution in [0.2, 0.25) is 0 Å². The zero-order chi connectivity index (χ0) is 10.4. The van der Waals surface area contributed by atoms with E-state index in [0.717, 1.165) is 25.9 Å². The average molecular weight is 200 g/mol. The third-order valence-electron chi connectivity index (χ3n) is 2.54. The molecular formula is C10H20N2O2. The summed E-state index contributed by atoms with van der Waals surface area (Å²) in [6.07, 6.45) is 2.31. The molecule has 1 aliphatic rings. The van der Waals surface area contributed by atoms with Crippen LogP contribution in [0.4, 0.5) is 0 Å². The molecule has 4 heteroatoms. The van der Waals surface area contributed by atoms with Gasteiger partial charge in [-0.2, -0.15) is 0 Å². The molecule has 82 valence electrons. The van der Waals surface area contributed by atoms with Gasteiger partial charge in [-0.25, -0.2) is 0 Å². The topological polar surface area (TPSA) is 41.6 Å². The first-order chi connectivity index (χ1) is 6.75. The monoisotopic (exact) mass is 200 g/mol. The van der Waals surface area contributed by atoms with Crippen molar-refractivity contribution in [2.45, 2.75) is 19.8 Å². The van der Waals surface area contributed by atoms with Crippen LogP contribution in [-0.2, 0) is 9.53 Å². The summed E-state index contributed by atoms with van der Waals surface area (Å²) >= 11 is 0. The van der Waals surface area contributed by atoms with E-state index >= 15 is 0 Å². The van der Waals surface area contributed by atoms with Crippen LogP contribution >= 0.6 is 0 Å². The minimum Gasteiger partial charge on any atom is -0.370 e. The molecule has 0 aliphatic carbocycles. The van der Waals surface area contributed by atoms with Crippen LogP contribution in [0.1, 0.15) is 19.8 Å². The molecule has 0 aromatic heterocycles. The fourth-order valence-electron chi connectivity index (χ4n) is 1.71. The minimum absolute atomic E-state index is 0.0586. The van der Waals surface area contributed by atoms with E-state index in [-0.39, 0.29) is 11.8 Å². The van der Waals surface area contributed by atoms with E-state index < -0.39 is 0 Å². The van der Waals surface area contributed by atoms with Gasteiger partial charge in [0, 0.05) is 32.7 Å². The molecule has 0 aromatic carbocycles. The first kappa shape index (κ1) is 11.5. The summed E-state index contributed by atoms with van der Waals surface area (Å²) in [5.41, 5.74) is 0. The highest BCUT2D eigenvalue weighted by molar-refractivity contribution is 5.78. The smallest absolute Gasteiger partial charge is 0.226 e. The number of carbonyl (C=O) groups excluding carboxylic acids is 1. The molecule has 1 N–H and O–H groups in total. The Hall–Kier alpha value is -0.610. The maximum Gasteiger partial charge on any atom is 0.226 e. The highest BCUT2D eigenvalue weighted by atomic mass is 16.5. The quantitative estimate of drug-likeness (QED) is 0.517. The average Bonchev–Trinajstić information content (AvgIpc) is 2.69. The number of amides is 1. The molecule has 14 heavy (non-hydrogen) atoms. The molecule has 1 atom stereocenters. The normalized spacial score (nSPS) is 18.6. The molecule has 0 saturated carbocycles. The van der Waals surface area contributed by atoms with Crippen molar-refractivity contribution < 1.29 is 9.53 Å². The molecule has 1 aliphatic heterocycles. The Morgan fingerprint density at radius 1 is 1.50 bits per heavy atom. The van der Waals surface area contributed by atoms with E-state index in [0.29, 0.717) is 13.3 Å². The second-order valence-corrected chi connectivity index (χ2v) is 3.82. The van der Waals surface area contributed by atoms with Crippen molar-refractivity contribution in [3.05, 3.63) is 0 Å². The summed E-state index contributed by atoms with van der Waals surface area (Å²) in [5, 5.41) is 3.07.